The Morgan fingerprint density at radius 3 is 2.55 bits per heavy atom. The summed E-state index contributed by atoms with van der Waals surface area (Å²) in [6.45, 7) is 5.75. The summed E-state index contributed by atoms with van der Waals surface area (Å²) in [5.41, 5.74) is 3.81. The van der Waals surface area contributed by atoms with Gasteiger partial charge in [0.25, 0.3) is 0 Å². The third-order valence-electron chi connectivity index (χ3n) is 5.34. The number of aryl methyl sites for hydroxylation is 2. The predicted octanol–water partition coefficient (Wildman–Crippen LogP) is 3.60. The fourth-order valence-corrected chi connectivity index (χ4v) is 5.46. The van der Waals surface area contributed by atoms with Gasteiger partial charge in [-0.25, -0.2) is 8.42 Å². The van der Waals surface area contributed by atoms with Crippen molar-refractivity contribution in [2.75, 3.05) is 11.5 Å². The highest BCUT2D eigenvalue weighted by molar-refractivity contribution is 7.91. The molecule has 1 aliphatic heterocycles. The van der Waals surface area contributed by atoms with Gasteiger partial charge in [-0.3, -0.25) is 9.48 Å². The quantitative estimate of drug-likeness (QED) is 0.411. The van der Waals surface area contributed by atoms with Crippen molar-refractivity contribution in [3.05, 3.63) is 57.9 Å². The molecule has 1 saturated heterocycles. The Hall–Kier alpha value is -2.72. The molecule has 3 rings (SSSR count). The normalized spacial score (nSPS) is 18.6. The van der Waals surface area contributed by atoms with Crippen LogP contribution in [0.15, 0.2) is 29.8 Å². The van der Waals surface area contributed by atoms with Crippen LogP contribution in [-0.2, 0) is 16.3 Å². The number of rotatable bonds is 6. The Bertz CT molecular complexity index is 1100. The minimum Gasteiger partial charge on any atom is -0.288 e. The SMILES string of the molecule is CCCc1ccc(C(=O)/C(C#N)=C/c2c(C)nn([C@@H]3CCS(=O)(=O)C3)c2C)cc1. The van der Waals surface area contributed by atoms with E-state index in [4.69, 9.17) is 0 Å². The zero-order valence-corrected chi connectivity index (χ0v) is 17.8. The number of nitriles is 1. The van der Waals surface area contributed by atoms with E-state index in [9.17, 15) is 18.5 Å². The van der Waals surface area contributed by atoms with Gasteiger partial charge in [-0.1, -0.05) is 37.6 Å². The molecule has 1 fully saturated rings. The number of carbonyl (C=O) groups is 1. The number of allylic oxidation sites excluding steroid dienone is 1. The Labute approximate surface area is 171 Å². The molecule has 152 valence electrons. The zero-order chi connectivity index (χ0) is 21.2. The van der Waals surface area contributed by atoms with Crippen molar-refractivity contribution in [3.63, 3.8) is 0 Å². The summed E-state index contributed by atoms with van der Waals surface area (Å²) >= 11 is 0. The molecule has 0 saturated carbocycles. The van der Waals surface area contributed by atoms with E-state index in [0.717, 1.165) is 24.1 Å². The third kappa shape index (κ3) is 4.48. The molecule has 29 heavy (non-hydrogen) atoms. The zero-order valence-electron chi connectivity index (χ0n) is 17.0. The molecule has 0 unspecified atom stereocenters. The molecule has 0 amide bonds. The van der Waals surface area contributed by atoms with Gasteiger partial charge in [-0.05, 0) is 38.3 Å². The number of sulfone groups is 1. The van der Waals surface area contributed by atoms with Crippen LogP contribution in [0.25, 0.3) is 6.08 Å². The van der Waals surface area contributed by atoms with Crippen molar-refractivity contribution < 1.29 is 13.2 Å². The first-order valence-corrected chi connectivity index (χ1v) is 11.6. The van der Waals surface area contributed by atoms with Crippen LogP contribution in [-0.4, -0.2) is 35.5 Å². The highest BCUT2D eigenvalue weighted by Crippen LogP contribution is 2.28. The van der Waals surface area contributed by atoms with Crippen molar-refractivity contribution in [3.8, 4) is 6.07 Å². The van der Waals surface area contributed by atoms with Gasteiger partial charge in [0.2, 0.25) is 5.78 Å². The Kier molecular flexibility index (Phi) is 6.04. The van der Waals surface area contributed by atoms with E-state index < -0.39 is 9.84 Å². The van der Waals surface area contributed by atoms with Gasteiger partial charge in [-0.2, -0.15) is 10.4 Å². The summed E-state index contributed by atoms with van der Waals surface area (Å²) in [4.78, 5) is 12.8. The molecule has 0 N–H and O–H groups in total. The van der Waals surface area contributed by atoms with E-state index in [1.165, 1.54) is 0 Å². The van der Waals surface area contributed by atoms with Crippen LogP contribution in [0.4, 0.5) is 0 Å². The van der Waals surface area contributed by atoms with E-state index in [-0.39, 0.29) is 28.9 Å². The number of hydrogen-bond donors (Lipinski definition) is 0. The predicted molar refractivity (Wildman–Crippen MR) is 112 cm³/mol. The smallest absolute Gasteiger partial charge is 0.203 e. The molecule has 1 aromatic heterocycles. The first-order valence-electron chi connectivity index (χ1n) is 9.77. The van der Waals surface area contributed by atoms with Crippen molar-refractivity contribution in [1.29, 1.82) is 5.26 Å². The van der Waals surface area contributed by atoms with Crippen LogP contribution in [0.5, 0.6) is 0 Å². The van der Waals surface area contributed by atoms with Crippen molar-refractivity contribution in [2.24, 2.45) is 0 Å². The van der Waals surface area contributed by atoms with Gasteiger partial charge in [0.1, 0.15) is 11.6 Å². The first-order chi connectivity index (χ1) is 13.8. The van der Waals surface area contributed by atoms with E-state index in [0.29, 0.717) is 23.2 Å². The number of aromatic nitrogens is 2. The number of ketones is 1. The third-order valence-corrected chi connectivity index (χ3v) is 7.09. The number of benzene rings is 1. The molecule has 0 spiro atoms. The average Bonchev–Trinajstić information content (AvgIpc) is 3.19. The molecule has 1 atom stereocenters. The minimum absolute atomic E-state index is 0.0398. The molecule has 6 nitrogen and oxygen atoms in total. The number of nitrogens with zero attached hydrogens (tertiary/aromatic N) is 3. The van der Waals surface area contributed by atoms with Gasteiger partial charge < -0.3 is 0 Å². The Morgan fingerprint density at radius 1 is 1.31 bits per heavy atom. The molecular formula is C22H25N3O3S. The summed E-state index contributed by atoms with van der Waals surface area (Å²) < 4.78 is 25.4. The molecule has 2 aromatic rings. The van der Waals surface area contributed by atoms with E-state index in [1.807, 2.05) is 25.1 Å². The van der Waals surface area contributed by atoms with Crippen molar-refractivity contribution in [2.45, 2.75) is 46.1 Å². The molecule has 1 aliphatic rings. The largest absolute Gasteiger partial charge is 0.288 e. The Balaban J connectivity index is 1.91. The lowest BCUT2D eigenvalue weighted by molar-refractivity contribution is 0.104. The summed E-state index contributed by atoms with van der Waals surface area (Å²) in [6.07, 6.45) is 4.08. The van der Waals surface area contributed by atoms with Crippen LogP contribution in [0.1, 0.15) is 58.7 Å². The van der Waals surface area contributed by atoms with E-state index in [1.54, 1.807) is 29.8 Å². The van der Waals surface area contributed by atoms with Crippen molar-refractivity contribution in [1.82, 2.24) is 9.78 Å². The first kappa shape index (κ1) is 21.0. The maximum Gasteiger partial charge on any atom is 0.203 e. The van der Waals surface area contributed by atoms with Crippen LogP contribution >= 0.6 is 0 Å². The van der Waals surface area contributed by atoms with E-state index in [2.05, 4.69) is 12.0 Å². The summed E-state index contributed by atoms with van der Waals surface area (Å²) in [5.74, 6) is -0.0887. The molecule has 0 bridgehead atoms. The van der Waals surface area contributed by atoms with Gasteiger partial charge in [0.15, 0.2) is 9.84 Å². The molecule has 1 aromatic carbocycles. The van der Waals surface area contributed by atoms with Gasteiger partial charge >= 0.3 is 0 Å². The number of hydrogen-bond acceptors (Lipinski definition) is 5. The fourth-order valence-electron chi connectivity index (χ4n) is 3.77. The van der Waals surface area contributed by atoms with Gasteiger partial charge in [0, 0.05) is 16.8 Å². The van der Waals surface area contributed by atoms with Crippen LogP contribution in [0.3, 0.4) is 0 Å². The second kappa shape index (κ2) is 8.34. The number of Topliss-reactive ketones (excluding diaryl/α,β-unsaturated/α-hetero) is 1. The summed E-state index contributed by atoms with van der Waals surface area (Å²) in [6, 6.07) is 9.16. The lowest BCUT2D eigenvalue weighted by Gasteiger charge is -2.11. The molecule has 0 radical (unpaired) electrons. The lowest BCUT2D eigenvalue weighted by atomic mass is 9.99. The second-order valence-corrected chi connectivity index (χ2v) is 9.76. The minimum atomic E-state index is -3.03. The fraction of sp³-hybridized carbons (Fsp3) is 0.409. The second-order valence-electron chi connectivity index (χ2n) is 7.53. The maximum absolute atomic E-state index is 12.8. The average molecular weight is 412 g/mol. The van der Waals surface area contributed by atoms with Crippen molar-refractivity contribution >= 4 is 21.7 Å². The molecule has 7 heteroatoms. The Morgan fingerprint density at radius 2 is 2.00 bits per heavy atom. The highest BCUT2D eigenvalue weighted by Gasteiger charge is 2.31. The molecule has 0 aliphatic carbocycles. The van der Waals surface area contributed by atoms with Crippen LogP contribution < -0.4 is 0 Å². The summed E-state index contributed by atoms with van der Waals surface area (Å²) in [7, 11) is -3.03. The van der Waals surface area contributed by atoms with Crippen LogP contribution in [0.2, 0.25) is 0 Å². The van der Waals surface area contributed by atoms with E-state index >= 15 is 0 Å². The molecular weight excluding hydrogens is 386 g/mol. The lowest BCUT2D eigenvalue weighted by Crippen LogP contribution is -2.14. The summed E-state index contributed by atoms with van der Waals surface area (Å²) in [5, 5.41) is 14.1. The van der Waals surface area contributed by atoms with Crippen LogP contribution in [0, 0.1) is 25.2 Å². The monoisotopic (exact) mass is 411 g/mol. The standard InChI is InChI=1S/C22H25N3O3S/c1-4-5-17-6-8-18(9-7-17)22(26)19(13-23)12-21-15(2)24-25(16(21)3)20-10-11-29(27,28)14-20/h6-9,12,20H,4-5,10-11,14H2,1-3H3/b19-12+/t20-/m1/s1. The highest BCUT2D eigenvalue weighted by atomic mass is 32.2. The van der Waals surface area contributed by atoms with Gasteiger partial charge in [-0.15, -0.1) is 0 Å². The number of carbonyl (C=O) groups excluding carboxylic acids is 1. The maximum atomic E-state index is 12.8. The molecule has 2 heterocycles. The topological polar surface area (TPSA) is 92.8 Å². The van der Waals surface area contributed by atoms with Gasteiger partial charge in [0.05, 0.1) is 23.2 Å².